The SMILES string of the molecule is CCO[C@H]1CC[C@H](N2C[C@@H](c3ccc(OC)cc3)[C@](F)(C(=O)N3C[C@H](COC)[C@@H](c4ccc(C(F)(F)F)cc4N4CCC(C(=O)O)CC4)C3)C2)CC1. The van der Waals surface area contributed by atoms with Gasteiger partial charge in [0, 0.05) is 82.5 Å². The highest BCUT2D eigenvalue weighted by Crippen LogP contribution is 2.47. The Kier molecular flexibility index (Phi) is 11.7. The summed E-state index contributed by atoms with van der Waals surface area (Å²) in [6.07, 6.45) is -0.305. The number of nitrogens with zero attached hydrogens (tertiary/aromatic N) is 3. The largest absolute Gasteiger partial charge is 0.497 e. The van der Waals surface area contributed by atoms with Crippen molar-refractivity contribution in [1.82, 2.24) is 9.80 Å². The third-order valence-electron chi connectivity index (χ3n) is 11.9. The lowest BCUT2D eigenvalue weighted by Gasteiger charge is -2.35. The molecule has 0 unspecified atom stereocenters. The molecule has 6 rings (SSSR count). The van der Waals surface area contributed by atoms with E-state index >= 15 is 4.39 Å². The van der Waals surface area contributed by atoms with E-state index in [1.54, 1.807) is 24.1 Å². The standard InChI is InChI=1S/C39H51F4N3O6/c1-4-52-31-12-8-29(9-13-31)46-22-34(25-5-10-30(51-3)11-6-25)38(40,24-46)37(49)45-20-27(23-50-2)33(21-45)32-14-7-28(39(41,42)43)19-35(32)44-17-15-26(16-18-44)36(47)48/h5-7,10-11,14,19,26-27,29,31,33-34H,4,8-9,12-13,15-18,20-24H2,1-3H3,(H,47,48)/t27-,29-,31-,33+,34+,38+/m1/s1. The number of hydrogen-bond donors (Lipinski definition) is 1. The van der Waals surface area contributed by atoms with E-state index < -0.39 is 47.0 Å². The van der Waals surface area contributed by atoms with Crippen LogP contribution in [0.15, 0.2) is 42.5 Å². The zero-order chi connectivity index (χ0) is 37.2. The third kappa shape index (κ3) is 7.91. The van der Waals surface area contributed by atoms with Gasteiger partial charge in [0.1, 0.15) is 5.75 Å². The zero-order valence-electron chi connectivity index (χ0n) is 30.2. The second-order valence-electron chi connectivity index (χ2n) is 14.9. The highest BCUT2D eigenvalue weighted by atomic mass is 19.4. The summed E-state index contributed by atoms with van der Waals surface area (Å²) in [7, 11) is 3.10. The van der Waals surface area contributed by atoms with Crippen molar-refractivity contribution in [2.75, 3.05) is 71.6 Å². The van der Waals surface area contributed by atoms with Crippen molar-refractivity contribution in [1.29, 1.82) is 0 Å². The normalized spacial score (nSPS) is 29.1. The maximum Gasteiger partial charge on any atom is 0.416 e. The van der Waals surface area contributed by atoms with Gasteiger partial charge in [0.2, 0.25) is 5.67 Å². The Morgan fingerprint density at radius 2 is 1.63 bits per heavy atom. The number of ether oxygens (including phenoxy) is 3. The van der Waals surface area contributed by atoms with E-state index in [9.17, 15) is 27.9 Å². The minimum atomic E-state index is -4.58. The van der Waals surface area contributed by atoms with Crippen LogP contribution in [0, 0.1) is 11.8 Å². The topological polar surface area (TPSA) is 91.8 Å². The smallest absolute Gasteiger partial charge is 0.416 e. The number of halogens is 4. The fourth-order valence-corrected chi connectivity index (χ4v) is 9.07. The van der Waals surface area contributed by atoms with Gasteiger partial charge in [-0.1, -0.05) is 18.2 Å². The molecule has 1 amide bonds. The molecule has 2 aromatic carbocycles. The lowest BCUT2D eigenvalue weighted by molar-refractivity contribution is -0.143. The van der Waals surface area contributed by atoms with Crippen molar-refractivity contribution >= 4 is 17.6 Å². The number of carboxylic acid groups (broad SMARTS) is 1. The van der Waals surface area contributed by atoms with Gasteiger partial charge in [-0.05, 0) is 80.8 Å². The van der Waals surface area contributed by atoms with Crippen LogP contribution in [0.4, 0.5) is 23.2 Å². The molecular weight excluding hydrogens is 682 g/mol. The average molecular weight is 734 g/mol. The van der Waals surface area contributed by atoms with Crippen LogP contribution in [0.1, 0.15) is 74.0 Å². The van der Waals surface area contributed by atoms with Crippen molar-refractivity contribution in [3.05, 3.63) is 59.2 Å². The first-order valence-electron chi connectivity index (χ1n) is 18.5. The zero-order valence-corrected chi connectivity index (χ0v) is 30.2. The lowest BCUT2D eigenvalue weighted by atomic mass is 9.85. The summed E-state index contributed by atoms with van der Waals surface area (Å²) in [5, 5.41) is 9.53. The number of hydrogen-bond acceptors (Lipinski definition) is 7. The van der Waals surface area contributed by atoms with Crippen molar-refractivity contribution in [2.45, 2.75) is 81.3 Å². The molecule has 0 spiro atoms. The summed E-state index contributed by atoms with van der Waals surface area (Å²) < 4.78 is 76.7. The third-order valence-corrected chi connectivity index (χ3v) is 11.9. The van der Waals surface area contributed by atoms with Gasteiger partial charge >= 0.3 is 12.1 Å². The van der Waals surface area contributed by atoms with Crippen LogP contribution in [0.2, 0.25) is 0 Å². The number of benzene rings is 2. The van der Waals surface area contributed by atoms with Crippen LogP contribution < -0.4 is 9.64 Å². The molecule has 3 heterocycles. The Labute approximate surface area is 303 Å². The molecule has 2 aromatic rings. The molecular formula is C39H51F4N3O6. The molecule has 286 valence electrons. The van der Waals surface area contributed by atoms with Gasteiger partial charge in [0.05, 0.1) is 31.3 Å². The van der Waals surface area contributed by atoms with E-state index in [4.69, 9.17) is 14.2 Å². The average Bonchev–Trinajstić information content (AvgIpc) is 3.73. The van der Waals surface area contributed by atoms with Crippen LogP contribution in [-0.2, 0) is 25.2 Å². The first-order valence-corrected chi connectivity index (χ1v) is 18.5. The molecule has 4 aliphatic rings. The van der Waals surface area contributed by atoms with E-state index in [1.165, 1.54) is 13.2 Å². The second kappa shape index (κ2) is 15.9. The number of rotatable bonds is 11. The molecule has 3 saturated heterocycles. The molecule has 0 radical (unpaired) electrons. The number of alkyl halides is 4. The summed E-state index contributed by atoms with van der Waals surface area (Å²) in [6, 6.07) is 11.0. The van der Waals surface area contributed by atoms with Crippen LogP contribution in [-0.4, -0.2) is 111 Å². The number of carbonyl (C=O) groups excluding carboxylic acids is 1. The van der Waals surface area contributed by atoms with E-state index in [-0.39, 0.29) is 57.4 Å². The first kappa shape index (κ1) is 38.3. The van der Waals surface area contributed by atoms with Gasteiger partial charge < -0.3 is 29.1 Å². The fourth-order valence-electron chi connectivity index (χ4n) is 9.07. The Morgan fingerprint density at radius 1 is 0.942 bits per heavy atom. The number of aliphatic carboxylic acids is 1. The number of carboxylic acids is 1. The summed E-state index contributed by atoms with van der Waals surface area (Å²) in [5.41, 5.74) is -1.33. The summed E-state index contributed by atoms with van der Waals surface area (Å²) in [5.74, 6) is -2.90. The van der Waals surface area contributed by atoms with Crippen molar-refractivity contribution in [3.8, 4) is 5.75 Å². The maximum atomic E-state index is 17.9. The van der Waals surface area contributed by atoms with Crippen LogP contribution >= 0.6 is 0 Å². The highest BCUT2D eigenvalue weighted by Gasteiger charge is 2.57. The van der Waals surface area contributed by atoms with Crippen LogP contribution in [0.25, 0.3) is 0 Å². The molecule has 1 aliphatic carbocycles. The summed E-state index contributed by atoms with van der Waals surface area (Å²) in [6.45, 7) is 4.09. The molecule has 9 nitrogen and oxygen atoms in total. The van der Waals surface area contributed by atoms with E-state index in [0.717, 1.165) is 37.8 Å². The number of likely N-dealkylation sites (tertiary alicyclic amines) is 2. The monoisotopic (exact) mass is 733 g/mol. The predicted molar refractivity (Wildman–Crippen MR) is 188 cm³/mol. The summed E-state index contributed by atoms with van der Waals surface area (Å²) in [4.78, 5) is 31.8. The van der Waals surface area contributed by atoms with Crippen molar-refractivity contribution in [3.63, 3.8) is 0 Å². The second-order valence-corrected chi connectivity index (χ2v) is 14.9. The van der Waals surface area contributed by atoms with Gasteiger partial charge in [0.25, 0.3) is 5.91 Å². The highest BCUT2D eigenvalue weighted by molar-refractivity contribution is 5.88. The molecule has 0 aromatic heterocycles. The number of amides is 1. The Morgan fingerprint density at radius 3 is 2.23 bits per heavy atom. The quantitative estimate of drug-likeness (QED) is 0.267. The number of anilines is 1. The minimum Gasteiger partial charge on any atom is -0.497 e. The van der Waals surface area contributed by atoms with Gasteiger partial charge in [0.15, 0.2) is 0 Å². The van der Waals surface area contributed by atoms with Crippen LogP contribution in [0.5, 0.6) is 5.75 Å². The lowest BCUT2D eigenvalue weighted by Crippen LogP contribution is -2.50. The molecule has 3 aliphatic heterocycles. The van der Waals surface area contributed by atoms with Gasteiger partial charge in [-0.15, -0.1) is 0 Å². The van der Waals surface area contributed by atoms with Crippen molar-refractivity contribution < 1.29 is 46.5 Å². The molecule has 52 heavy (non-hydrogen) atoms. The Balaban J connectivity index is 1.29. The molecule has 4 atom stereocenters. The van der Waals surface area contributed by atoms with Crippen LogP contribution in [0.3, 0.4) is 0 Å². The predicted octanol–water partition coefficient (Wildman–Crippen LogP) is 6.36. The number of methoxy groups -OCH3 is 2. The molecule has 0 bridgehead atoms. The molecule has 4 fully saturated rings. The first-order chi connectivity index (χ1) is 24.9. The summed E-state index contributed by atoms with van der Waals surface area (Å²) >= 11 is 0. The van der Waals surface area contributed by atoms with E-state index in [1.807, 2.05) is 24.0 Å². The van der Waals surface area contributed by atoms with Crippen molar-refractivity contribution in [2.24, 2.45) is 11.8 Å². The molecule has 1 saturated carbocycles. The number of carbonyl (C=O) groups is 2. The van der Waals surface area contributed by atoms with E-state index in [0.29, 0.717) is 48.6 Å². The number of piperidine rings is 1. The Hall–Kier alpha value is -3.42. The Bertz CT molecular complexity index is 1540. The minimum absolute atomic E-state index is 0.0489. The maximum absolute atomic E-state index is 17.9. The molecule has 1 N–H and O–H groups in total. The molecule has 13 heteroatoms. The fraction of sp³-hybridized carbons (Fsp3) is 0.641. The van der Waals surface area contributed by atoms with Gasteiger partial charge in [-0.2, -0.15) is 13.2 Å². The van der Waals surface area contributed by atoms with Gasteiger partial charge in [-0.25, -0.2) is 4.39 Å². The van der Waals surface area contributed by atoms with Gasteiger partial charge in [-0.3, -0.25) is 14.5 Å². The van der Waals surface area contributed by atoms with E-state index in [2.05, 4.69) is 4.90 Å².